The lowest BCUT2D eigenvalue weighted by atomic mass is 10.2. The number of halogens is 4. The highest BCUT2D eigenvalue weighted by molar-refractivity contribution is 5.74. The number of alkyl halides is 2. The number of rotatable bonds is 2. The third-order valence-corrected chi connectivity index (χ3v) is 1.35. The van der Waals surface area contributed by atoms with Gasteiger partial charge in [0.15, 0.2) is 17.9 Å². The van der Waals surface area contributed by atoms with E-state index in [1.165, 1.54) is 0 Å². The summed E-state index contributed by atoms with van der Waals surface area (Å²) in [5, 5.41) is 0. The van der Waals surface area contributed by atoms with Crippen LogP contribution in [0.5, 0.6) is 0 Å². The normalized spacial score (nSPS) is 10.5. The molecular formula is C7H3F4NO. The van der Waals surface area contributed by atoms with Crippen LogP contribution in [0.2, 0.25) is 0 Å². The summed E-state index contributed by atoms with van der Waals surface area (Å²) in [7, 11) is 0. The molecule has 1 rings (SSSR count). The van der Waals surface area contributed by atoms with Gasteiger partial charge in [0, 0.05) is 6.20 Å². The van der Waals surface area contributed by atoms with Crippen LogP contribution < -0.4 is 0 Å². The molecule has 0 bridgehead atoms. The van der Waals surface area contributed by atoms with Crippen molar-refractivity contribution in [2.75, 3.05) is 0 Å². The summed E-state index contributed by atoms with van der Waals surface area (Å²) in [6.45, 7) is 0. The number of aldehydes is 1. The van der Waals surface area contributed by atoms with Crippen LogP contribution in [-0.2, 0) is 0 Å². The number of pyridine rings is 1. The quantitative estimate of drug-likeness (QED) is 0.531. The number of nitrogens with zero attached hydrogens (tertiary/aromatic N) is 1. The second-order valence-electron chi connectivity index (χ2n) is 2.15. The van der Waals surface area contributed by atoms with Crippen LogP contribution in [-0.4, -0.2) is 11.3 Å². The van der Waals surface area contributed by atoms with Gasteiger partial charge in [-0.25, -0.2) is 17.6 Å². The van der Waals surface area contributed by atoms with Gasteiger partial charge >= 0.3 is 0 Å². The van der Waals surface area contributed by atoms with Gasteiger partial charge in [-0.3, -0.25) is 9.78 Å². The molecule has 2 nitrogen and oxygen atoms in total. The van der Waals surface area contributed by atoms with Gasteiger partial charge in [0.05, 0.1) is 5.56 Å². The Morgan fingerprint density at radius 2 is 1.92 bits per heavy atom. The summed E-state index contributed by atoms with van der Waals surface area (Å²) < 4.78 is 49.0. The summed E-state index contributed by atoms with van der Waals surface area (Å²) in [6, 6.07) is 0. The average Bonchev–Trinajstić information content (AvgIpc) is 2.09. The van der Waals surface area contributed by atoms with Crippen LogP contribution in [0.15, 0.2) is 6.20 Å². The molecule has 0 fully saturated rings. The zero-order chi connectivity index (χ0) is 10.0. The Labute approximate surface area is 70.2 Å². The lowest BCUT2D eigenvalue weighted by molar-refractivity contribution is 0.111. The van der Waals surface area contributed by atoms with Gasteiger partial charge in [-0.1, -0.05) is 0 Å². The molecule has 0 saturated heterocycles. The predicted octanol–water partition coefficient (Wildman–Crippen LogP) is 2.11. The van der Waals surface area contributed by atoms with Gasteiger partial charge in [0.25, 0.3) is 6.43 Å². The standard InChI is InChI=1S/C7H3F4NO/c8-4-3(2-13)1-12-6(5(4)9)7(10)11/h1-2,7H. The fraction of sp³-hybridized carbons (Fsp3) is 0.143. The van der Waals surface area contributed by atoms with Gasteiger partial charge in [-0.05, 0) is 0 Å². The Morgan fingerprint density at radius 1 is 1.31 bits per heavy atom. The van der Waals surface area contributed by atoms with Crippen molar-refractivity contribution in [2.24, 2.45) is 0 Å². The van der Waals surface area contributed by atoms with E-state index in [9.17, 15) is 22.4 Å². The van der Waals surface area contributed by atoms with E-state index in [0.29, 0.717) is 6.20 Å². The zero-order valence-corrected chi connectivity index (χ0v) is 6.10. The van der Waals surface area contributed by atoms with Crippen molar-refractivity contribution in [3.05, 3.63) is 29.1 Å². The van der Waals surface area contributed by atoms with Crippen LogP contribution in [0.1, 0.15) is 22.5 Å². The molecule has 13 heavy (non-hydrogen) atoms. The van der Waals surface area contributed by atoms with Crippen molar-refractivity contribution < 1.29 is 22.4 Å². The van der Waals surface area contributed by atoms with E-state index >= 15 is 0 Å². The summed E-state index contributed by atoms with van der Waals surface area (Å²) in [4.78, 5) is 12.9. The monoisotopic (exact) mass is 193 g/mol. The second-order valence-corrected chi connectivity index (χ2v) is 2.15. The lowest BCUT2D eigenvalue weighted by Crippen LogP contribution is -2.02. The number of hydrogen-bond acceptors (Lipinski definition) is 2. The molecular weight excluding hydrogens is 190 g/mol. The van der Waals surface area contributed by atoms with E-state index in [-0.39, 0.29) is 6.29 Å². The van der Waals surface area contributed by atoms with Crippen molar-refractivity contribution in [2.45, 2.75) is 6.43 Å². The largest absolute Gasteiger partial charge is 0.298 e. The maximum absolute atomic E-state index is 12.6. The first-order valence-electron chi connectivity index (χ1n) is 3.15. The van der Waals surface area contributed by atoms with Gasteiger partial charge < -0.3 is 0 Å². The van der Waals surface area contributed by atoms with Crippen LogP contribution in [0.4, 0.5) is 17.6 Å². The van der Waals surface area contributed by atoms with Gasteiger partial charge in [-0.2, -0.15) is 0 Å². The third kappa shape index (κ3) is 1.66. The topological polar surface area (TPSA) is 30.0 Å². The molecule has 0 aliphatic heterocycles. The molecule has 0 amide bonds. The minimum atomic E-state index is -3.20. The van der Waals surface area contributed by atoms with Crippen LogP contribution in [0.25, 0.3) is 0 Å². The second kappa shape index (κ2) is 3.51. The van der Waals surface area contributed by atoms with E-state index < -0.39 is 29.3 Å². The van der Waals surface area contributed by atoms with Crippen LogP contribution in [0, 0.1) is 11.6 Å². The van der Waals surface area contributed by atoms with Gasteiger partial charge in [-0.15, -0.1) is 0 Å². The average molecular weight is 193 g/mol. The Morgan fingerprint density at radius 3 is 2.38 bits per heavy atom. The maximum Gasteiger partial charge on any atom is 0.283 e. The molecule has 1 aromatic rings. The van der Waals surface area contributed by atoms with Gasteiger partial charge in [0.1, 0.15) is 5.69 Å². The SMILES string of the molecule is O=Cc1cnc(C(F)F)c(F)c1F. The molecule has 1 heterocycles. The first-order chi connectivity index (χ1) is 6.07. The molecule has 6 heteroatoms. The number of carbonyl (C=O) groups excluding carboxylic acids is 1. The molecule has 1 aromatic heterocycles. The molecule has 0 aromatic carbocycles. The number of carbonyl (C=O) groups is 1. The predicted molar refractivity (Wildman–Crippen MR) is 34.5 cm³/mol. The van der Waals surface area contributed by atoms with Crippen LogP contribution in [0.3, 0.4) is 0 Å². The summed E-state index contributed by atoms with van der Waals surface area (Å²) in [5.41, 5.74) is -1.97. The molecule has 0 spiro atoms. The molecule has 0 aliphatic carbocycles. The first kappa shape index (κ1) is 9.63. The Hall–Kier alpha value is -1.46. The van der Waals surface area contributed by atoms with Crippen molar-refractivity contribution >= 4 is 6.29 Å². The van der Waals surface area contributed by atoms with Crippen molar-refractivity contribution in [1.29, 1.82) is 0 Å². The molecule has 70 valence electrons. The van der Waals surface area contributed by atoms with E-state index in [1.54, 1.807) is 0 Å². The molecule has 0 unspecified atom stereocenters. The Bertz CT molecular complexity index is 340. The summed E-state index contributed by atoms with van der Waals surface area (Å²) >= 11 is 0. The Kier molecular flexibility index (Phi) is 2.60. The Balaban J connectivity index is 3.31. The van der Waals surface area contributed by atoms with E-state index in [1.807, 2.05) is 0 Å². The van der Waals surface area contributed by atoms with Gasteiger partial charge in [0.2, 0.25) is 0 Å². The summed E-state index contributed by atoms with van der Waals surface area (Å²) in [5.74, 6) is -3.38. The summed E-state index contributed by atoms with van der Waals surface area (Å²) in [6.07, 6.45) is -2.64. The van der Waals surface area contributed by atoms with Crippen molar-refractivity contribution in [3.63, 3.8) is 0 Å². The van der Waals surface area contributed by atoms with Crippen molar-refractivity contribution in [3.8, 4) is 0 Å². The first-order valence-corrected chi connectivity index (χ1v) is 3.15. The smallest absolute Gasteiger partial charge is 0.283 e. The fourth-order valence-corrected chi connectivity index (χ4v) is 0.726. The molecule has 0 atom stereocenters. The molecule has 0 N–H and O–H groups in total. The third-order valence-electron chi connectivity index (χ3n) is 1.35. The van der Waals surface area contributed by atoms with Crippen LogP contribution >= 0.6 is 0 Å². The number of hydrogen-bond donors (Lipinski definition) is 0. The maximum atomic E-state index is 12.6. The van der Waals surface area contributed by atoms with Crippen molar-refractivity contribution in [1.82, 2.24) is 4.98 Å². The lowest BCUT2D eigenvalue weighted by Gasteiger charge is -2.02. The minimum absolute atomic E-state index is 0.000658. The molecule has 0 radical (unpaired) electrons. The zero-order valence-electron chi connectivity index (χ0n) is 6.10. The highest BCUT2D eigenvalue weighted by atomic mass is 19.3. The van der Waals surface area contributed by atoms with E-state index in [4.69, 9.17) is 0 Å². The molecule has 0 saturated carbocycles. The highest BCUT2D eigenvalue weighted by Crippen LogP contribution is 2.22. The van der Waals surface area contributed by atoms with E-state index in [2.05, 4.69) is 4.98 Å². The highest BCUT2D eigenvalue weighted by Gasteiger charge is 2.20. The fourth-order valence-electron chi connectivity index (χ4n) is 0.726. The minimum Gasteiger partial charge on any atom is -0.298 e. The molecule has 0 aliphatic rings. The van der Waals surface area contributed by atoms with E-state index in [0.717, 1.165) is 0 Å². The number of aromatic nitrogens is 1.